The summed E-state index contributed by atoms with van der Waals surface area (Å²) in [6, 6.07) is 5.06. The molecule has 4 rings (SSSR count). The van der Waals surface area contributed by atoms with Crippen LogP contribution < -0.4 is 5.73 Å². The van der Waals surface area contributed by atoms with E-state index in [9.17, 15) is 20.3 Å². The van der Waals surface area contributed by atoms with Crippen molar-refractivity contribution in [3.63, 3.8) is 0 Å². The number of nitrogen functional groups attached to an aromatic ring is 1. The maximum absolute atomic E-state index is 12.0. The van der Waals surface area contributed by atoms with Crippen molar-refractivity contribution in [3.8, 4) is 6.07 Å². The van der Waals surface area contributed by atoms with E-state index >= 15 is 0 Å². The van der Waals surface area contributed by atoms with Crippen molar-refractivity contribution in [2.24, 2.45) is 5.41 Å². The van der Waals surface area contributed by atoms with E-state index in [-0.39, 0.29) is 17.3 Å². The van der Waals surface area contributed by atoms with Gasteiger partial charge >= 0.3 is 6.16 Å². The molecule has 0 aromatic carbocycles. The van der Waals surface area contributed by atoms with E-state index in [0.717, 1.165) is 12.8 Å². The fourth-order valence-corrected chi connectivity index (χ4v) is 4.07. The minimum atomic E-state index is -1.97. The maximum atomic E-state index is 12.0. The quantitative estimate of drug-likeness (QED) is 0.603. The lowest BCUT2D eigenvalue weighted by Crippen LogP contribution is -2.47. The van der Waals surface area contributed by atoms with Crippen LogP contribution in [0.3, 0.4) is 0 Å². The number of fused-ring (bicyclic) bond motifs is 1. The van der Waals surface area contributed by atoms with Gasteiger partial charge in [0.05, 0.1) is 5.69 Å². The summed E-state index contributed by atoms with van der Waals surface area (Å²) in [5, 5.41) is 34.8. The molecule has 1 saturated heterocycles. The summed E-state index contributed by atoms with van der Waals surface area (Å²) in [6.45, 7) is 3.53. The fourth-order valence-electron chi connectivity index (χ4n) is 4.07. The normalized spacial score (nSPS) is 30.6. The third kappa shape index (κ3) is 3.32. The number of hydrogen-bond donors (Lipinski definition) is 3. The standard InChI is InChI=1S/C19H23N5O6/c1-18(2)5-10(6-18)29-17(27)28-8-19(7-20)15(26)13(25)14(30-19)11-3-4-12-16(21)22-9-23-24(11)12/h3-4,9-10,13-15,25-26H,5-6,8H2,1-2H3,(H2,21,22,23)/t13-,14-,15-,19+/m0/s1. The molecule has 3 heterocycles. The highest BCUT2D eigenvalue weighted by Crippen LogP contribution is 2.43. The Morgan fingerprint density at radius 2 is 2.17 bits per heavy atom. The first-order valence-corrected chi connectivity index (χ1v) is 9.52. The van der Waals surface area contributed by atoms with E-state index in [4.69, 9.17) is 19.9 Å². The number of aliphatic hydroxyl groups is 2. The summed E-state index contributed by atoms with van der Waals surface area (Å²) in [5.41, 5.74) is 4.81. The molecule has 11 heteroatoms. The Morgan fingerprint density at radius 3 is 2.83 bits per heavy atom. The molecule has 2 fully saturated rings. The van der Waals surface area contributed by atoms with Gasteiger partial charge in [0.25, 0.3) is 0 Å². The highest BCUT2D eigenvalue weighted by molar-refractivity contribution is 5.65. The first-order chi connectivity index (χ1) is 14.2. The lowest BCUT2D eigenvalue weighted by atomic mass is 9.70. The van der Waals surface area contributed by atoms with Crippen LogP contribution in [0.5, 0.6) is 0 Å². The van der Waals surface area contributed by atoms with Crippen LogP contribution in [0, 0.1) is 16.7 Å². The van der Waals surface area contributed by atoms with Gasteiger partial charge in [-0.15, -0.1) is 0 Å². The summed E-state index contributed by atoms with van der Waals surface area (Å²) in [7, 11) is 0. The minimum absolute atomic E-state index is 0.119. The molecule has 1 aliphatic carbocycles. The molecule has 0 unspecified atom stereocenters. The molecule has 30 heavy (non-hydrogen) atoms. The summed E-state index contributed by atoms with van der Waals surface area (Å²) < 4.78 is 17.4. The van der Waals surface area contributed by atoms with Crippen LogP contribution >= 0.6 is 0 Å². The molecule has 2 aromatic heterocycles. The number of anilines is 1. The number of hydrogen-bond acceptors (Lipinski definition) is 10. The molecular formula is C19H23N5O6. The van der Waals surface area contributed by atoms with Crippen molar-refractivity contribution in [1.29, 1.82) is 5.26 Å². The second-order valence-electron chi connectivity index (χ2n) is 8.53. The van der Waals surface area contributed by atoms with E-state index in [1.165, 1.54) is 10.8 Å². The Kier molecular flexibility index (Phi) is 4.80. The van der Waals surface area contributed by atoms with Gasteiger partial charge < -0.3 is 30.2 Å². The van der Waals surface area contributed by atoms with Crippen LogP contribution in [0.4, 0.5) is 10.6 Å². The van der Waals surface area contributed by atoms with E-state index in [1.807, 2.05) is 6.07 Å². The van der Waals surface area contributed by atoms with Crippen LogP contribution in [0.2, 0.25) is 0 Å². The van der Waals surface area contributed by atoms with Gasteiger partial charge in [0.2, 0.25) is 5.60 Å². The van der Waals surface area contributed by atoms with Gasteiger partial charge in [-0.2, -0.15) is 10.4 Å². The Balaban J connectivity index is 1.48. The third-order valence-electron chi connectivity index (χ3n) is 5.67. The number of nitrogens with two attached hydrogens (primary N) is 1. The molecule has 0 radical (unpaired) electrons. The number of nitriles is 1. The zero-order valence-electron chi connectivity index (χ0n) is 16.6. The van der Waals surface area contributed by atoms with Crippen LogP contribution in [0.25, 0.3) is 5.52 Å². The number of nitrogens with zero attached hydrogens (tertiary/aromatic N) is 4. The highest BCUT2D eigenvalue weighted by Gasteiger charge is 2.57. The van der Waals surface area contributed by atoms with Crippen molar-refractivity contribution in [1.82, 2.24) is 14.6 Å². The molecule has 2 aromatic rings. The predicted molar refractivity (Wildman–Crippen MR) is 101 cm³/mol. The van der Waals surface area contributed by atoms with Crippen LogP contribution in [-0.4, -0.2) is 61.5 Å². The molecule has 2 aliphatic rings. The monoisotopic (exact) mass is 417 g/mol. The Hall–Kier alpha value is -2.94. The molecule has 11 nitrogen and oxygen atoms in total. The lowest BCUT2D eigenvalue weighted by molar-refractivity contribution is -0.100. The molecule has 160 valence electrons. The number of aromatic nitrogens is 3. The van der Waals surface area contributed by atoms with Gasteiger partial charge in [0, 0.05) is 0 Å². The van der Waals surface area contributed by atoms with Gasteiger partial charge in [-0.1, -0.05) is 13.8 Å². The van der Waals surface area contributed by atoms with Crippen molar-refractivity contribution in [2.75, 3.05) is 12.3 Å². The van der Waals surface area contributed by atoms with E-state index in [0.29, 0.717) is 11.2 Å². The first-order valence-electron chi connectivity index (χ1n) is 9.52. The number of carbonyl (C=O) groups is 1. The van der Waals surface area contributed by atoms with Gasteiger partial charge in [-0.05, 0) is 30.4 Å². The maximum Gasteiger partial charge on any atom is 0.508 e. The van der Waals surface area contributed by atoms with Crippen LogP contribution in [0.1, 0.15) is 38.5 Å². The highest BCUT2D eigenvalue weighted by atomic mass is 16.7. The lowest BCUT2D eigenvalue weighted by Gasteiger charge is -2.41. The summed E-state index contributed by atoms with van der Waals surface area (Å²) in [5.74, 6) is 0.223. The molecule has 1 aliphatic heterocycles. The zero-order valence-corrected chi connectivity index (χ0v) is 16.6. The first kappa shape index (κ1) is 20.3. The van der Waals surface area contributed by atoms with Crippen LogP contribution in [0.15, 0.2) is 18.5 Å². The average molecular weight is 417 g/mol. The number of ether oxygens (including phenoxy) is 3. The van der Waals surface area contributed by atoms with Crippen LogP contribution in [-0.2, 0) is 14.2 Å². The Morgan fingerprint density at radius 1 is 1.43 bits per heavy atom. The smallest absolute Gasteiger partial charge is 0.431 e. The average Bonchev–Trinajstić information content (AvgIpc) is 3.21. The molecule has 1 saturated carbocycles. The second-order valence-corrected chi connectivity index (χ2v) is 8.53. The number of carbonyl (C=O) groups excluding carboxylic acids is 1. The van der Waals surface area contributed by atoms with Gasteiger partial charge in [-0.25, -0.2) is 14.3 Å². The van der Waals surface area contributed by atoms with E-state index in [2.05, 4.69) is 23.9 Å². The van der Waals surface area contributed by atoms with Crippen molar-refractivity contribution >= 4 is 17.5 Å². The van der Waals surface area contributed by atoms with Crippen molar-refractivity contribution in [3.05, 3.63) is 24.2 Å². The summed E-state index contributed by atoms with van der Waals surface area (Å²) >= 11 is 0. The fraction of sp³-hybridized carbons (Fsp3) is 0.579. The van der Waals surface area contributed by atoms with Gasteiger partial charge in [0.1, 0.15) is 48.9 Å². The van der Waals surface area contributed by atoms with Gasteiger partial charge in [0.15, 0.2) is 5.82 Å². The second kappa shape index (κ2) is 7.09. The molecular weight excluding hydrogens is 394 g/mol. The molecule has 4 atom stereocenters. The molecule has 0 spiro atoms. The summed E-state index contributed by atoms with van der Waals surface area (Å²) in [6.07, 6.45) is -2.72. The van der Waals surface area contributed by atoms with E-state index in [1.54, 1.807) is 12.1 Å². The van der Waals surface area contributed by atoms with Crippen molar-refractivity contribution < 1.29 is 29.2 Å². The van der Waals surface area contributed by atoms with E-state index < -0.39 is 36.7 Å². The molecule has 4 N–H and O–H groups in total. The third-order valence-corrected chi connectivity index (χ3v) is 5.67. The molecule has 0 amide bonds. The largest absolute Gasteiger partial charge is 0.508 e. The molecule has 0 bridgehead atoms. The summed E-state index contributed by atoms with van der Waals surface area (Å²) in [4.78, 5) is 15.9. The number of rotatable bonds is 4. The Labute approximate surface area is 172 Å². The minimum Gasteiger partial charge on any atom is -0.431 e. The van der Waals surface area contributed by atoms with Crippen molar-refractivity contribution in [2.45, 2.75) is 56.7 Å². The number of aliphatic hydroxyl groups excluding tert-OH is 2. The zero-order chi connectivity index (χ0) is 21.7. The van der Waals surface area contributed by atoms with Gasteiger partial charge in [-0.3, -0.25) is 0 Å². The SMILES string of the molecule is CC1(C)CC(OC(=O)OC[C@@]2(C#N)O[C@@H](c3ccc4c(N)ncnn34)[C@H](O)[C@@H]2O)C1. The Bertz CT molecular complexity index is 1010. The topological polar surface area (TPSA) is 165 Å². The predicted octanol–water partition coefficient (Wildman–Crippen LogP) is 0.709.